The molecule has 1 aliphatic heterocycles. The average Bonchev–Trinajstić information content (AvgIpc) is 1.97. The summed E-state index contributed by atoms with van der Waals surface area (Å²) in [7, 11) is 0.0411. The molecule has 0 aromatic carbocycles. The molecule has 3 heteroatoms. The molecule has 0 aromatic rings. The Morgan fingerprint density at radius 1 is 1.78 bits per heavy atom. The van der Waals surface area contributed by atoms with Crippen LogP contribution in [0.3, 0.4) is 0 Å². The average molecular weight is 147 g/mol. The Morgan fingerprint density at radius 3 is 2.44 bits per heavy atom. The Labute approximate surface area is 57.0 Å². The lowest BCUT2D eigenvalue weighted by Crippen LogP contribution is -2.26. The van der Waals surface area contributed by atoms with Crippen molar-refractivity contribution in [1.29, 1.82) is 0 Å². The van der Waals surface area contributed by atoms with Gasteiger partial charge in [0.1, 0.15) is 0 Å². The van der Waals surface area contributed by atoms with E-state index in [1.807, 2.05) is 11.4 Å². The summed E-state index contributed by atoms with van der Waals surface area (Å²) in [5.41, 5.74) is 0. The fourth-order valence-corrected chi connectivity index (χ4v) is 2.77. The van der Waals surface area contributed by atoms with Crippen LogP contribution < -0.4 is 0 Å². The maximum absolute atomic E-state index is 11.3. The van der Waals surface area contributed by atoms with E-state index in [2.05, 4.69) is 12.8 Å². The van der Waals surface area contributed by atoms with Crippen molar-refractivity contribution >= 4 is 15.6 Å². The topological polar surface area (TPSA) is 20.3 Å². The second kappa shape index (κ2) is 1.99. The van der Waals surface area contributed by atoms with E-state index in [1.165, 1.54) is 0 Å². The molecule has 0 amide bonds. The highest BCUT2D eigenvalue weighted by Gasteiger charge is 2.25. The first-order chi connectivity index (χ1) is 4.04. The van der Waals surface area contributed by atoms with Crippen LogP contribution >= 0.6 is 0 Å². The van der Waals surface area contributed by atoms with Crippen LogP contribution in [-0.4, -0.2) is 33.2 Å². The van der Waals surface area contributed by atoms with Crippen LogP contribution in [0.25, 0.3) is 0 Å². The van der Waals surface area contributed by atoms with Gasteiger partial charge < -0.3 is 0 Å². The summed E-state index contributed by atoms with van der Waals surface area (Å²) in [6.45, 7) is 2.08. The van der Waals surface area contributed by atoms with Crippen LogP contribution in [0.1, 0.15) is 13.3 Å². The zero-order chi connectivity index (χ0) is 7.07. The van der Waals surface area contributed by atoms with Gasteiger partial charge in [-0.05, 0) is 26.3 Å². The summed E-state index contributed by atoms with van der Waals surface area (Å²) in [6, 6.07) is 0.454. The lowest BCUT2D eigenvalue weighted by Gasteiger charge is -2.15. The van der Waals surface area contributed by atoms with Gasteiger partial charge in [0.05, 0.1) is 0 Å². The fourth-order valence-electron chi connectivity index (χ4n) is 1.01. The SMILES string of the molecule is C=S1(=O)CC[C@H](C)N1C. The molecule has 0 radical (unpaired) electrons. The first-order valence-corrected chi connectivity index (χ1v) is 4.97. The van der Waals surface area contributed by atoms with Crippen LogP contribution in [0.2, 0.25) is 0 Å². The van der Waals surface area contributed by atoms with Gasteiger partial charge in [-0.15, -0.1) is 0 Å². The largest absolute Gasteiger partial charge is 0.253 e. The monoisotopic (exact) mass is 147 g/mol. The highest BCUT2D eigenvalue weighted by Crippen LogP contribution is 2.17. The Hall–Kier alpha value is -0.0200. The molecule has 1 fully saturated rings. The molecule has 0 aromatic heterocycles. The lowest BCUT2D eigenvalue weighted by molar-refractivity contribution is 0.441. The van der Waals surface area contributed by atoms with Crippen molar-refractivity contribution < 1.29 is 4.21 Å². The summed E-state index contributed by atoms with van der Waals surface area (Å²) in [5.74, 6) is 4.42. The molecule has 1 heterocycles. The Bertz CT molecular complexity index is 195. The molecule has 1 unspecified atom stereocenters. The Kier molecular flexibility index (Phi) is 1.57. The van der Waals surface area contributed by atoms with Crippen molar-refractivity contribution in [2.24, 2.45) is 0 Å². The lowest BCUT2D eigenvalue weighted by atomic mass is 10.3. The van der Waals surface area contributed by atoms with Gasteiger partial charge in [-0.2, -0.15) is 0 Å². The van der Waals surface area contributed by atoms with Crippen LogP contribution in [0.15, 0.2) is 0 Å². The second-order valence-electron chi connectivity index (χ2n) is 2.66. The van der Waals surface area contributed by atoms with Crippen LogP contribution in [0.4, 0.5) is 0 Å². The molecule has 0 saturated carbocycles. The molecule has 0 N–H and O–H groups in total. The molecule has 1 aliphatic rings. The molecule has 1 rings (SSSR count). The molecule has 0 bridgehead atoms. The molecule has 2 atom stereocenters. The van der Waals surface area contributed by atoms with Gasteiger partial charge in [-0.3, -0.25) is 4.21 Å². The predicted molar refractivity (Wildman–Crippen MR) is 42.0 cm³/mol. The Balaban J connectivity index is 2.87. The van der Waals surface area contributed by atoms with Gasteiger partial charge >= 0.3 is 0 Å². The van der Waals surface area contributed by atoms with Gasteiger partial charge in [-0.25, -0.2) is 4.31 Å². The quantitative estimate of drug-likeness (QED) is 0.452. The normalized spacial score (nSPS) is 45.8. The highest BCUT2D eigenvalue weighted by molar-refractivity contribution is 7.98. The van der Waals surface area contributed by atoms with Crippen LogP contribution in [-0.2, 0) is 9.71 Å². The zero-order valence-corrected chi connectivity index (χ0v) is 6.78. The van der Waals surface area contributed by atoms with Gasteiger partial charge in [0, 0.05) is 21.5 Å². The summed E-state index contributed by atoms with van der Waals surface area (Å²) in [6.07, 6.45) is 1.03. The van der Waals surface area contributed by atoms with Crippen molar-refractivity contribution in [3.63, 3.8) is 0 Å². The summed E-state index contributed by atoms with van der Waals surface area (Å²) >= 11 is 0. The summed E-state index contributed by atoms with van der Waals surface area (Å²) in [5, 5.41) is 0. The van der Waals surface area contributed by atoms with Crippen molar-refractivity contribution in [2.75, 3.05) is 12.8 Å². The first kappa shape index (κ1) is 7.09. The third kappa shape index (κ3) is 1.12. The Morgan fingerprint density at radius 2 is 2.33 bits per heavy atom. The van der Waals surface area contributed by atoms with E-state index in [4.69, 9.17) is 0 Å². The van der Waals surface area contributed by atoms with E-state index in [9.17, 15) is 4.21 Å². The minimum absolute atomic E-state index is 0.454. The molecule has 0 spiro atoms. The zero-order valence-electron chi connectivity index (χ0n) is 5.96. The number of rotatable bonds is 0. The number of nitrogens with zero attached hydrogens (tertiary/aromatic N) is 1. The van der Waals surface area contributed by atoms with Gasteiger partial charge in [0.2, 0.25) is 0 Å². The van der Waals surface area contributed by atoms with Gasteiger partial charge in [0.15, 0.2) is 0 Å². The maximum Gasteiger partial charge on any atom is 0.0306 e. The van der Waals surface area contributed by atoms with Gasteiger partial charge in [0.25, 0.3) is 0 Å². The van der Waals surface area contributed by atoms with E-state index in [1.54, 1.807) is 0 Å². The van der Waals surface area contributed by atoms with Crippen molar-refractivity contribution in [3.05, 3.63) is 0 Å². The van der Waals surface area contributed by atoms with E-state index in [-0.39, 0.29) is 0 Å². The van der Waals surface area contributed by atoms with E-state index in [0.717, 1.165) is 12.2 Å². The van der Waals surface area contributed by atoms with Crippen LogP contribution in [0, 0.1) is 0 Å². The molecule has 54 valence electrons. The number of hydrogen-bond acceptors (Lipinski definition) is 1. The van der Waals surface area contributed by atoms with Crippen molar-refractivity contribution in [2.45, 2.75) is 19.4 Å². The highest BCUT2D eigenvalue weighted by atomic mass is 32.2. The summed E-state index contributed by atoms with van der Waals surface area (Å²) < 4.78 is 13.2. The third-order valence-electron chi connectivity index (χ3n) is 2.00. The van der Waals surface area contributed by atoms with E-state index >= 15 is 0 Å². The van der Waals surface area contributed by atoms with Crippen LogP contribution in [0.5, 0.6) is 0 Å². The van der Waals surface area contributed by atoms with E-state index < -0.39 is 9.71 Å². The van der Waals surface area contributed by atoms with Crippen molar-refractivity contribution in [1.82, 2.24) is 4.31 Å². The molecule has 0 aliphatic carbocycles. The minimum Gasteiger partial charge on any atom is -0.253 e. The maximum atomic E-state index is 11.3. The van der Waals surface area contributed by atoms with E-state index in [0.29, 0.717) is 6.04 Å². The fraction of sp³-hybridized carbons (Fsp3) is 0.833. The predicted octanol–water partition coefficient (Wildman–Crippen LogP) is 0.342. The first-order valence-electron chi connectivity index (χ1n) is 3.12. The van der Waals surface area contributed by atoms with Gasteiger partial charge in [-0.1, -0.05) is 0 Å². The molecular formula is C6H13NOS. The minimum atomic E-state index is -1.84. The standard InChI is InChI=1S/C6H13NOS/c1-6-4-5-9(3,8)7(6)2/h6H,3-5H2,1-2H3/t6-,9?/m0/s1. The third-order valence-corrected chi connectivity index (χ3v) is 4.28. The number of hydrogen-bond donors (Lipinski definition) is 0. The second-order valence-corrected chi connectivity index (χ2v) is 5.19. The molecular weight excluding hydrogens is 134 g/mol. The molecule has 2 nitrogen and oxygen atoms in total. The summed E-state index contributed by atoms with van der Waals surface area (Å²) in [4.78, 5) is 0. The smallest absolute Gasteiger partial charge is 0.0306 e. The van der Waals surface area contributed by atoms with Crippen molar-refractivity contribution in [3.8, 4) is 0 Å². The molecule has 9 heavy (non-hydrogen) atoms. The molecule has 1 saturated heterocycles.